The second kappa shape index (κ2) is 5.45. The van der Waals surface area contributed by atoms with Crippen LogP contribution < -0.4 is 0 Å². The molecule has 0 aromatic carbocycles. The summed E-state index contributed by atoms with van der Waals surface area (Å²) >= 11 is 0. The van der Waals surface area contributed by atoms with Crippen LogP contribution in [0.25, 0.3) is 0 Å². The molecular weight excluding hydrogens is 312 g/mol. The molecule has 25 heavy (non-hydrogen) atoms. The van der Waals surface area contributed by atoms with Crippen molar-refractivity contribution in [3.8, 4) is 0 Å². The van der Waals surface area contributed by atoms with Crippen molar-refractivity contribution in [3.05, 3.63) is 0 Å². The summed E-state index contributed by atoms with van der Waals surface area (Å²) in [6, 6.07) is 0. The Kier molecular flexibility index (Phi) is 3.71. The summed E-state index contributed by atoms with van der Waals surface area (Å²) in [5.41, 5.74) is 0.634. The van der Waals surface area contributed by atoms with Gasteiger partial charge in [0.1, 0.15) is 0 Å². The zero-order valence-electron chi connectivity index (χ0n) is 16.3. The van der Waals surface area contributed by atoms with Crippen molar-refractivity contribution in [1.29, 1.82) is 0 Å². The number of rotatable bonds is 0. The van der Waals surface area contributed by atoms with E-state index in [1.807, 2.05) is 0 Å². The number of aliphatic hydroxyl groups is 1. The molecule has 3 heteroatoms. The smallest absolute Gasteiger partial charge is 0.168 e. The number of hydrogen-bond acceptors (Lipinski definition) is 3. The van der Waals surface area contributed by atoms with Gasteiger partial charge in [-0.2, -0.15) is 0 Å². The number of ether oxygens (including phenoxy) is 2. The van der Waals surface area contributed by atoms with Gasteiger partial charge in [-0.25, -0.2) is 0 Å². The molecule has 0 aromatic rings. The Morgan fingerprint density at radius 2 is 1.56 bits per heavy atom. The Bertz CT molecular complexity index is 541. The van der Waals surface area contributed by atoms with Gasteiger partial charge in [-0.3, -0.25) is 0 Å². The summed E-state index contributed by atoms with van der Waals surface area (Å²) in [5.74, 6) is 3.64. The van der Waals surface area contributed by atoms with Crippen LogP contribution in [-0.2, 0) is 9.47 Å². The van der Waals surface area contributed by atoms with Crippen LogP contribution in [0.15, 0.2) is 0 Å². The third-order valence-corrected chi connectivity index (χ3v) is 9.80. The molecule has 4 unspecified atom stereocenters. The van der Waals surface area contributed by atoms with Crippen LogP contribution >= 0.6 is 0 Å². The maximum atomic E-state index is 10.6. The fraction of sp³-hybridized carbons (Fsp3) is 1.00. The number of fused-ring (bicyclic) bond motifs is 5. The highest BCUT2D eigenvalue weighted by molar-refractivity contribution is 5.11. The lowest BCUT2D eigenvalue weighted by atomic mass is 9.43. The summed E-state index contributed by atoms with van der Waals surface area (Å²) in [7, 11) is 0. The zero-order chi connectivity index (χ0) is 17.4. The molecule has 1 spiro atoms. The lowest BCUT2D eigenvalue weighted by Crippen LogP contribution is -2.58. The van der Waals surface area contributed by atoms with Crippen molar-refractivity contribution >= 4 is 0 Å². The molecule has 1 heterocycles. The normalized spacial score (nSPS) is 57.1. The van der Waals surface area contributed by atoms with Gasteiger partial charge in [0.05, 0.1) is 19.3 Å². The summed E-state index contributed by atoms with van der Waals surface area (Å²) < 4.78 is 12.2. The Morgan fingerprint density at radius 3 is 2.32 bits per heavy atom. The molecular formula is C22H36O3. The minimum atomic E-state index is -0.252. The van der Waals surface area contributed by atoms with Crippen LogP contribution in [0, 0.1) is 40.4 Å². The topological polar surface area (TPSA) is 38.7 Å². The molecule has 5 rings (SSSR count). The minimum Gasteiger partial charge on any atom is -0.393 e. The Balaban J connectivity index is 1.45. The van der Waals surface area contributed by atoms with Crippen LogP contribution in [0.3, 0.4) is 0 Å². The molecule has 8 atom stereocenters. The molecule has 1 N–H and O–H groups in total. The van der Waals surface area contributed by atoms with Crippen LogP contribution in [-0.4, -0.2) is 30.2 Å². The van der Waals surface area contributed by atoms with E-state index in [0.29, 0.717) is 5.41 Å². The molecule has 4 saturated carbocycles. The average molecular weight is 349 g/mol. The van der Waals surface area contributed by atoms with E-state index in [4.69, 9.17) is 9.47 Å². The van der Waals surface area contributed by atoms with Gasteiger partial charge in [0.15, 0.2) is 5.79 Å². The van der Waals surface area contributed by atoms with Gasteiger partial charge in [-0.1, -0.05) is 20.8 Å². The Labute approximate surface area is 152 Å². The van der Waals surface area contributed by atoms with Crippen molar-refractivity contribution in [1.82, 2.24) is 0 Å². The largest absolute Gasteiger partial charge is 0.393 e. The van der Waals surface area contributed by atoms with Gasteiger partial charge in [-0.05, 0) is 78.9 Å². The zero-order valence-corrected chi connectivity index (χ0v) is 16.3. The molecule has 0 radical (unpaired) electrons. The first-order chi connectivity index (χ1) is 11.9. The van der Waals surface area contributed by atoms with Crippen molar-refractivity contribution < 1.29 is 14.6 Å². The van der Waals surface area contributed by atoms with Crippen molar-refractivity contribution in [2.75, 3.05) is 13.2 Å². The van der Waals surface area contributed by atoms with Gasteiger partial charge < -0.3 is 14.6 Å². The van der Waals surface area contributed by atoms with Gasteiger partial charge in [-0.15, -0.1) is 0 Å². The maximum Gasteiger partial charge on any atom is 0.168 e. The second-order valence-corrected chi connectivity index (χ2v) is 10.7. The fourth-order valence-electron chi connectivity index (χ4n) is 8.39. The first-order valence-electron chi connectivity index (χ1n) is 10.8. The first-order valence-corrected chi connectivity index (χ1v) is 10.8. The minimum absolute atomic E-state index is 0.0609. The molecule has 1 aliphatic heterocycles. The Morgan fingerprint density at radius 1 is 0.840 bits per heavy atom. The van der Waals surface area contributed by atoms with Crippen LogP contribution in [0.2, 0.25) is 0 Å². The van der Waals surface area contributed by atoms with Gasteiger partial charge in [0.2, 0.25) is 0 Å². The molecule has 4 aliphatic carbocycles. The van der Waals surface area contributed by atoms with E-state index < -0.39 is 0 Å². The molecule has 1 saturated heterocycles. The molecule has 142 valence electrons. The van der Waals surface area contributed by atoms with E-state index in [1.165, 1.54) is 32.1 Å². The molecule has 5 aliphatic rings. The molecule has 5 fully saturated rings. The van der Waals surface area contributed by atoms with Gasteiger partial charge in [0, 0.05) is 12.8 Å². The maximum absolute atomic E-state index is 10.6. The van der Waals surface area contributed by atoms with Crippen molar-refractivity contribution in [2.45, 2.75) is 84.0 Å². The van der Waals surface area contributed by atoms with E-state index >= 15 is 0 Å². The first kappa shape index (κ1) is 17.0. The molecule has 0 amide bonds. The predicted molar refractivity (Wildman–Crippen MR) is 96.9 cm³/mol. The van der Waals surface area contributed by atoms with Gasteiger partial charge >= 0.3 is 0 Å². The predicted octanol–water partition coefficient (Wildman–Crippen LogP) is 4.38. The monoisotopic (exact) mass is 348 g/mol. The number of aliphatic hydroxyl groups excluding tert-OH is 1. The third-order valence-electron chi connectivity index (χ3n) is 9.80. The van der Waals surface area contributed by atoms with E-state index in [9.17, 15) is 5.11 Å². The van der Waals surface area contributed by atoms with E-state index in [0.717, 1.165) is 62.1 Å². The third kappa shape index (κ3) is 2.21. The van der Waals surface area contributed by atoms with E-state index in [2.05, 4.69) is 20.8 Å². The standard InChI is InChI=1S/C22H36O3/c1-14-12-15-16-4-5-19(23)21(16,3)7-6-17(15)20(2)8-9-22(13-18(14)20)24-10-11-25-22/h14-19,23H,4-13H2,1-3H3/t14?,15-,16?,17-,18?,19?,20+,21-/m0/s1. The molecule has 0 bridgehead atoms. The van der Waals surface area contributed by atoms with Crippen LogP contribution in [0.5, 0.6) is 0 Å². The molecule has 3 nitrogen and oxygen atoms in total. The van der Waals surface area contributed by atoms with Crippen molar-refractivity contribution in [2.24, 2.45) is 40.4 Å². The van der Waals surface area contributed by atoms with Crippen LogP contribution in [0.4, 0.5) is 0 Å². The summed E-state index contributed by atoms with van der Waals surface area (Å²) in [4.78, 5) is 0. The van der Waals surface area contributed by atoms with E-state index in [1.54, 1.807) is 0 Å². The molecule has 0 aromatic heterocycles. The van der Waals surface area contributed by atoms with Crippen LogP contribution in [0.1, 0.15) is 72.1 Å². The average Bonchev–Trinajstić information content (AvgIpc) is 3.15. The lowest BCUT2D eigenvalue weighted by Gasteiger charge is -2.63. The second-order valence-electron chi connectivity index (χ2n) is 10.7. The van der Waals surface area contributed by atoms with E-state index in [-0.39, 0.29) is 17.3 Å². The highest BCUT2D eigenvalue weighted by Gasteiger charge is 2.63. The number of hydrogen-bond donors (Lipinski definition) is 1. The van der Waals surface area contributed by atoms with Crippen molar-refractivity contribution in [3.63, 3.8) is 0 Å². The quantitative estimate of drug-likeness (QED) is 0.706. The summed E-state index contributed by atoms with van der Waals surface area (Å²) in [6.45, 7) is 9.04. The highest BCUT2D eigenvalue weighted by atomic mass is 16.7. The Hall–Kier alpha value is -0.120. The SMILES string of the molecule is CC1C[C@H]2C3CCC(O)[C@@]3(C)CC[C@@H]2[C@@]2(C)CCC3(CC12)OCCO3. The highest BCUT2D eigenvalue weighted by Crippen LogP contribution is 2.68. The lowest BCUT2D eigenvalue weighted by molar-refractivity contribution is -0.239. The summed E-state index contributed by atoms with van der Waals surface area (Å²) in [6.07, 6.45) is 9.58. The summed E-state index contributed by atoms with van der Waals surface area (Å²) in [5, 5.41) is 10.6. The fourth-order valence-corrected chi connectivity index (χ4v) is 8.39. The van der Waals surface area contributed by atoms with Gasteiger partial charge in [0.25, 0.3) is 0 Å².